The molecule has 0 saturated carbocycles. The Kier molecular flexibility index (Phi) is 3.46. The van der Waals surface area contributed by atoms with Crippen molar-refractivity contribution in [2.45, 2.75) is 25.6 Å². The van der Waals surface area contributed by atoms with E-state index in [4.69, 9.17) is 10.2 Å². The van der Waals surface area contributed by atoms with Gasteiger partial charge in [-0.15, -0.1) is 0 Å². The average molecular weight is 299 g/mol. The van der Waals surface area contributed by atoms with Crippen LogP contribution in [0.3, 0.4) is 0 Å². The second kappa shape index (κ2) is 5.31. The highest BCUT2D eigenvalue weighted by atomic mass is 16.3. The van der Waals surface area contributed by atoms with Gasteiger partial charge in [-0.05, 0) is 30.2 Å². The van der Waals surface area contributed by atoms with E-state index in [9.17, 15) is 9.59 Å². The Morgan fingerprint density at radius 3 is 2.45 bits per heavy atom. The van der Waals surface area contributed by atoms with Crippen LogP contribution in [0.4, 0.5) is 4.79 Å². The van der Waals surface area contributed by atoms with E-state index in [0.29, 0.717) is 12.3 Å². The number of nitrogens with two attached hydrogens (primary N) is 1. The SMILES string of the molecule is CC1(c2ccco2)NC(=O)N(Cc2ccc(CN)cc2)C1=O. The summed E-state index contributed by atoms with van der Waals surface area (Å²) in [6, 6.07) is 10.5. The topological polar surface area (TPSA) is 88.6 Å². The fourth-order valence-corrected chi connectivity index (χ4v) is 2.53. The number of imide groups is 1. The van der Waals surface area contributed by atoms with Crippen LogP contribution < -0.4 is 11.1 Å². The number of rotatable bonds is 4. The van der Waals surface area contributed by atoms with Crippen LogP contribution >= 0.6 is 0 Å². The summed E-state index contributed by atoms with van der Waals surface area (Å²) in [5.41, 5.74) is 6.27. The third kappa shape index (κ3) is 2.27. The summed E-state index contributed by atoms with van der Waals surface area (Å²) in [6.07, 6.45) is 1.48. The van der Waals surface area contributed by atoms with E-state index in [1.807, 2.05) is 24.3 Å². The number of hydrogen-bond acceptors (Lipinski definition) is 4. The zero-order valence-corrected chi connectivity index (χ0v) is 12.2. The molecule has 6 heteroatoms. The van der Waals surface area contributed by atoms with Gasteiger partial charge in [0.1, 0.15) is 5.76 Å². The van der Waals surface area contributed by atoms with Crippen molar-refractivity contribution in [3.63, 3.8) is 0 Å². The lowest BCUT2D eigenvalue weighted by atomic mass is 9.99. The Morgan fingerprint density at radius 1 is 1.18 bits per heavy atom. The summed E-state index contributed by atoms with van der Waals surface area (Å²) >= 11 is 0. The molecule has 2 aromatic rings. The first-order valence-electron chi connectivity index (χ1n) is 7.00. The Morgan fingerprint density at radius 2 is 1.86 bits per heavy atom. The van der Waals surface area contributed by atoms with Crippen molar-refractivity contribution >= 4 is 11.9 Å². The largest absolute Gasteiger partial charge is 0.466 e. The lowest BCUT2D eigenvalue weighted by molar-refractivity contribution is -0.132. The second-order valence-electron chi connectivity index (χ2n) is 5.44. The van der Waals surface area contributed by atoms with Gasteiger partial charge in [0.25, 0.3) is 5.91 Å². The van der Waals surface area contributed by atoms with Crippen molar-refractivity contribution in [3.05, 3.63) is 59.5 Å². The Hall–Kier alpha value is -2.60. The lowest BCUT2D eigenvalue weighted by Gasteiger charge is -2.19. The first kappa shape index (κ1) is 14.3. The average Bonchev–Trinajstić information content (AvgIpc) is 3.13. The summed E-state index contributed by atoms with van der Waals surface area (Å²) in [5, 5.41) is 2.70. The Balaban J connectivity index is 1.82. The molecule has 1 aromatic heterocycles. The third-order valence-electron chi connectivity index (χ3n) is 3.89. The van der Waals surface area contributed by atoms with Crippen molar-refractivity contribution in [2.24, 2.45) is 5.73 Å². The van der Waals surface area contributed by atoms with Gasteiger partial charge in [0, 0.05) is 6.54 Å². The Labute approximate surface area is 127 Å². The molecule has 0 bridgehead atoms. The van der Waals surface area contributed by atoms with Gasteiger partial charge in [-0.3, -0.25) is 9.69 Å². The highest BCUT2D eigenvalue weighted by molar-refractivity contribution is 6.06. The molecule has 114 valence electrons. The summed E-state index contributed by atoms with van der Waals surface area (Å²) in [6.45, 7) is 2.31. The smallest absolute Gasteiger partial charge is 0.325 e. The lowest BCUT2D eigenvalue weighted by Crippen LogP contribution is -2.40. The van der Waals surface area contributed by atoms with Crippen LogP contribution in [0, 0.1) is 0 Å². The minimum Gasteiger partial charge on any atom is -0.466 e. The minimum atomic E-state index is -1.15. The fourth-order valence-electron chi connectivity index (χ4n) is 2.53. The van der Waals surface area contributed by atoms with E-state index in [-0.39, 0.29) is 12.5 Å². The molecule has 1 aliphatic heterocycles. The molecule has 3 rings (SSSR count). The number of benzene rings is 1. The van der Waals surface area contributed by atoms with Gasteiger partial charge < -0.3 is 15.5 Å². The maximum Gasteiger partial charge on any atom is 0.325 e. The molecule has 1 saturated heterocycles. The van der Waals surface area contributed by atoms with Gasteiger partial charge >= 0.3 is 6.03 Å². The van der Waals surface area contributed by atoms with Crippen molar-refractivity contribution in [1.29, 1.82) is 0 Å². The predicted molar refractivity (Wildman–Crippen MR) is 79.5 cm³/mol. The van der Waals surface area contributed by atoms with Crippen LogP contribution in [-0.4, -0.2) is 16.8 Å². The predicted octanol–water partition coefficient (Wildman–Crippen LogP) is 1.71. The van der Waals surface area contributed by atoms with Gasteiger partial charge in [-0.2, -0.15) is 0 Å². The van der Waals surface area contributed by atoms with Crippen LogP contribution in [0.2, 0.25) is 0 Å². The number of furan rings is 1. The van der Waals surface area contributed by atoms with E-state index < -0.39 is 11.6 Å². The molecule has 6 nitrogen and oxygen atoms in total. The van der Waals surface area contributed by atoms with Gasteiger partial charge in [0.05, 0.1) is 12.8 Å². The number of hydrogen-bond donors (Lipinski definition) is 2. The van der Waals surface area contributed by atoms with Crippen molar-refractivity contribution in [3.8, 4) is 0 Å². The number of urea groups is 1. The van der Waals surface area contributed by atoms with E-state index in [0.717, 1.165) is 11.1 Å². The number of nitrogens with one attached hydrogen (secondary N) is 1. The highest BCUT2D eigenvalue weighted by Gasteiger charge is 2.50. The molecule has 1 aromatic carbocycles. The van der Waals surface area contributed by atoms with Gasteiger partial charge in [0.15, 0.2) is 5.54 Å². The number of nitrogens with zero attached hydrogens (tertiary/aromatic N) is 1. The minimum absolute atomic E-state index is 0.214. The zero-order valence-electron chi connectivity index (χ0n) is 12.2. The molecule has 2 heterocycles. The molecule has 3 amide bonds. The van der Waals surface area contributed by atoms with Crippen LogP contribution in [0.1, 0.15) is 23.8 Å². The number of amides is 3. The molecule has 1 unspecified atom stereocenters. The standard InChI is InChI=1S/C16H17N3O3/c1-16(13-3-2-8-22-13)14(20)19(15(21)18-16)10-12-6-4-11(9-17)5-7-12/h2-8H,9-10,17H2,1H3,(H,18,21). The first-order valence-corrected chi connectivity index (χ1v) is 7.00. The van der Waals surface area contributed by atoms with E-state index in [1.54, 1.807) is 19.1 Å². The van der Waals surface area contributed by atoms with Crippen molar-refractivity contribution in [1.82, 2.24) is 10.2 Å². The molecule has 3 N–H and O–H groups in total. The molecule has 1 fully saturated rings. The van der Waals surface area contributed by atoms with Crippen LogP contribution in [0.25, 0.3) is 0 Å². The summed E-state index contributed by atoms with van der Waals surface area (Å²) < 4.78 is 5.29. The second-order valence-corrected chi connectivity index (χ2v) is 5.44. The number of carbonyl (C=O) groups is 2. The highest BCUT2D eigenvalue weighted by Crippen LogP contribution is 2.29. The van der Waals surface area contributed by atoms with E-state index >= 15 is 0 Å². The van der Waals surface area contributed by atoms with Gasteiger partial charge in [-0.25, -0.2) is 4.79 Å². The molecular weight excluding hydrogens is 282 g/mol. The maximum absolute atomic E-state index is 12.6. The molecule has 0 radical (unpaired) electrons. The molecule has 22 heavy (non-hydrogen) atoms. The summed E-state index contributed by atoms with van der Waals surface area (Å²) in [4.78, 5) is 26.0. The molecule has 0 aliphatic carbocycles. The van der Waals surface area contributed by atoms with E-state index in [1.165, 1.54) is 11.2 Å². The first-order chi connectivity index (χ1) is 10.5. The quantitative estimate of drug-likeness (QED) is 0.841. The monoisotopic (exact) mass is 299 g/mol. The summed E-state index contributed by atoms with van der Waals surface area (Å²) in [5.74, 6) is 0.0992. The fraction of sp³-hybridized carbons (Fsp3) is 0.250. The molecule has 1 atom stereocenters. The molecular formula is C16H17N3O3. The van der Waals surface area contributed by atoms with Crippen LogP contribution in [-0.2, 0) is 23.4 Å². The van der Waals surface area contributed by atoms with Gasteiger partial charge in [0.2, 0.25) is 0 Å². The maximum atomic E-state index is 12.6. The summed E-state index contributed by atoms with van der Waals surface area (Å²) in [7, 11) is 0. The van der Waals surface area contributed by atoms with E-state index in [2.05, 4.69) is 5.32 Å². The van der Waals surface area contributed by atoms with Crippen molar-refractivity contribution < 1.29 is 14.0 Å². The van der Waals surface area contributed by atoms with Crippen LogP contribution in [0.5, 0.6) is 0 Å². The zero-order chi connectivity index (χ0) is 15.7. The molecule has 1 aliphatic rings. The number of carbonyl (C=O) groups excluding carboxylic acids is 2. The van der Waals surface area contributed by atoms with Crippen LogP contribution in [0.15, 0.2) is 47.1 Å². The third-order valence-corrected chi connectivity index (χ3v) is 3.89. The van der Waals surface area contributed by atoms with Gasteiger partial charge in [-0.1, -0.05) is 24.3 Å². The Bertz CT molecular complexity index is 694. The van der Waals surface area contributed by atoms with Crippen molar-refractivity contribution in [2.75, 3.05) is 0 Å². The molecule has 0 spiro atoms. The normalized spacial score (nSPS) is 21.3.